The molecule has 1 atom stereocenters. The number of carbonyl (C=O) groups is 1. The van der Waals surface area contributed by atoms with E-state index in [4.69, 9.17) is 4.74 Å². The van der Waals surface area contributed by atoms with Crippen LogP contribution in [-0.4, -0.2) is 6.09 Å². The van der Waals surface area contributed by atoms with Gasteiger partial charge in [0.15, 0.2) is 0 Å². The van der Waals surface area contributed by atoms with Gasteiger partial charge >= 0.3 is 6.09 Å². The van der Waals surface area contributed by atoms with Crippen molar-refractivity contribution >= 4 is 27.7 Å². The van der Waals surface area contributed by atoms with Crippen molar-refractivity contribution < 1.29 is 9.53 Å². The van der Waals surface area contributed by atoms with Crippen molar-refractivity contribution in [3.05, 3.63) is 28.2 Å². The molecule has 2 rings (SSSR count). The molecule has 1 aliphatic rings. The number of rotatable bonds is 0. The van der Waals surface area contributed by atoms with Crippen LogP contribution in [0.2, 0.25) is 0 Å². The monoisotopic (exact) mass is 241 g/mol. The van der Waals surface area contributed by atoms with E-state index in [1.54, 1.807) is 0 Å². The van der Waals surface area contributed by atoms with Gasteiger partial charge in [-0.1, -0.05) is 22.0 Å². The normalized spacial score (nSPS) is 20.2. The van der Waals surface area contributed by atoms with Crippen LogP contribution >= 0.6 is 15.9 Å². The minimum atomic E-state index is -0.391. The predicted octanol–water partition coefficient (Wildman–Crippen LogP) is 3.07. The Balaban J connectivity index is 2.49. The lowest BCUT2D eigenvalue weighted by Crippen LogP contribution is -2.22. The maximum atomic E-state index is 11.0. The highest BCUT2D eigenvalue weighted by Crippen LogP contribution is 2.32. The van der Waals surface area contributed by atoms with Gasteiger partial charge in [-0.25, -0.2) is 4.79 Å². The summed E-state index contributed by atoms with van der Waals surface area (Å²) in [4.78, 5) is 11.0. The Bertz CT molecular complexity index is 365. The van der Waals surface area contributed by atoms with Crippen molar-refractivity contribution in [3.63, 3.8) is 0 Å². The number of amides is 1. The fourth-order valence-electron chi connectivity index (χ4n) is 1.35. The molecule has 0 bridgehead atoms. The number of ether oxygens (including phenoxy) is 1. The fraction of sp³-hybridized carbons (Fsp3) is 0.222. The molecule has 0 spiro atoms. The molecule has 1 aromatic rings. The molecule has 0 aliphatic carbocycles. The van der Waals surface area contributed by atoms with Gasteiger partial charge in [0.25, 0.3) is 0 Å². The lowest BCUT2D eigenvalue weighted by Gasteiger charge is -2.23. The number of hydrogen-bond donors (Lipinski definition) is 1. The van der Waals surface area contributed by atoms with Crippen LogP contribution in [0, 0.1) is 0 Å². The Hall–Kier alpha value is -1.03. The first-order chi connectivity index (χ1) is 6.16. The van der Waals surface area contributed by atoms with E-state index in [0.717, 1.165) is 15.7 Å². The number of anilines is 1. The minimum absolute atomic E-state index is 0.170. The lowest BCUT2D eigenvalue weighted by atomic mass is 10.1. The van der Waals surface area contributed by atoms with Gasteiger partial charge in [-0.3, -0.25) is 5.32 Å². The van der Waals surface area contributed by atoms with Crippen LogP contribution < -0.4 is 5.32 Å². The summed E-state index contributed by atoms with van der Waals surface area (Å²) in [5.74, 6) is 0. The Morgan fingerprint density at radius 2 is 2.31 bits per heavy atom. The third-order valence-electron chi connectivity index (χ3n) is 1.97. The Kier molecular flexibility index (Phi) is 2.00. The third-order valence-corrected chi connectivity index (χ3v) is 2.47. The zero-order valence-corrected chi connectivity index (χ0v) is 8.59. The van der Waals surface area contributed by atoms with Gasteiger partial charge in [-0.2, -0.15) is 0 Å². The summed E-state index contributed by atoms with van der Waals surface area (Å²) in [6.45, 7) is 1.85. The van der Waals surface area contributed by atoms with Crippen LogP contribution in [-0.2, 0) is 4.74 Å². The molecule has 1 heterocycles. The summed E-state index contributed by atoms with van der Waals surface area (Å²) in [6.07, 6.45) is -0.560. The largest absolute Gasteiger partial charge is 0.441 e. The average molecular weight is 242 g/mol. The maximum Gasteiger partial charge on any atom is 0.412 e. The second-order valence-electron chi connectivity index (χ2n) is 2.90. The van der Waals surface area contributed by atoms with Crippen molar-refractivity contribution in [1.29, 1.82) is 0 Å². The molecule has 3 nitrogen and oxygen atoms in total. The summed E-state index contributed by atoms with van der Waals surface area (Å²) in [5.41, 5.74) is 1.82. The third kappa shape index (κ3) is 1.54. The highest BCUT2D eigenvalue weighted by atomic mass is 79.9. The molecule has 0 saturated heterocycles. The first-order valence-corrected chi connectivity index (χ1v) is 4.73. The van der Waals surface area contributed by atoms with Crippen LogP contribution in [0.5, 0.6) is 0 Å². The van der Waals surface area contributed by atoms with Crippen LogP contribution in [0.25, 0.3) is 0 Å². The van der Waals surface area contributed by atoms with Gasteiger partial charge in [-0.05, 0) is 19.1 Å². The smallest absolute Gasteiger partial charge is 0.412 e. The predicted molar refractivity (Wildman–Crippen MR) is 52.7 cm³/mol. The Morgan fingerprint density at radius 3 is 3.08 bits per heavy atom. The Morgan fingerprint density at radius 1 is 1.54 bits per heavy atom. The molecule has 0 aromatic heterocycles. The van der Waals surface area contributed by atoms with Crippen molar-refractivity contribution in [2.24, 2.45) is 0 Å². The average Bonchev–Trinajstić information content (AvgIpc) is 2.02. The van der Waals surface area contributed by atoms with Crippen LogP contribution in [0.15, 0.2) is 22.7 Å². The van der Waals surface area contributed by atoms with Crippen LogP contribution in [0.4, 0.5) is 10.5 Å². The van der Waals surface area contributed by atoms with E-state index < -0.39 is 6.09 Å². The van der Waals surface area contributed by atoms with Gasteiger partial charge in [0.2, 0.25) is 0 Å². The molecule has 1 aliphatic heterocycles. The first kappa shape index (κ1) is 8.56. The zero-order valence-electron chi connectivity index (χ0n) is 7.00. The minimum Gasteiger partial charge on any atom is -0.441 e. The quantitative estimate of drug-likeness (QED) is 0.759. The van der Waals surface area contributed by atoms with Crippen molar-refractivity contribution in [2.75, 3.05) is 5.32 Å². The molecule has 0 saturated carbocycles. The number of fused-ring (bicyclic) bond motifs is 1. The second kappa shape index (κ2) is 3.03. The lowest BCUT2D eigenvalue weighted by molar-refractivity contribution is 0.116. The van der Waals surface area contributed by atoms with Gasteiger partial charge in [0.1, 0.15) is 6.10 Å². The number of nitrogens with one attached hydrogen (secondary N) is 1. The zero-order chi connectivity index (χ0) is 9.42. The van der Waals surface area contributed by atoms with E-state index in [2.05, 4.69) is 21.2 Å². The molecular formula is C9H8BrNO2. The number of hydrogen-bond acceptors (Lipinski definition) is 2. The Labute approximate surface area is 84.2 Å². The summed E-state index contributed by atoms with van der Waals surface area (Å²) in [7, 11) is 0. The van der Waals surface area contributed by atoms with Crippen LogP contribution in [0.3, 0.4) is 0 Å². The first-order valence-electron chi connectivity index (χ1n) is 3.94. The van der Waals surface area contributed by atoms with E-state index in [9.17, 15) is 4.79 Å². The standard InChI is InChI=1S/C9H8BrNO2/c1-5-7-3-2-6(10)4-8(7)11-9(12)13-5/h2-5H,1H3,(H,11,12)/t5-/m1/s1. The molecule has 0 fully saturated rings. The van der Waals surface area contributed by atoms with E-state index in [0.29, 0.717) is 0 Å². The fourth-order valence-corrected chi connectivity index (χ4v) is 1.72. The number of halogens is 1. The van der Waals surface area contributed by atoms with E-state index in [-0.39, 0.29) is 6.10 Å². The van der Waals surface area contributed by atoms with Crippen molar-refractivity contribution in [1.82, 2.24) is 0 Å². The topological polar surface area (TPSA) is 38.3 Å². The number of cyclic esters (lactones) is 1. The molecule has 4 heteroatoms. The van der Waals surface area contributed by atoms with Crippen LogP contribution in [0.1, 0.15) is 18.6 Å². The molecule has 1 aromatic carbocycles. The number of benzene rings is 1. The summed E-state index contributed by atoms with van der Waals surface area (Å²) in [6, 6.07) is 5.73. The van der Waals surface area contributed by atoms with E-state index >= 15 is 0 Å². The summed E-state index contributed by atoms with van der Waals surface area (Å²) < 4.78 is 5.93. The second-order valence-corrected chi connectivity index (χ2v) is 3.82. The molecule has 1 N–H and O–H groups in total. The number of carbonyl (C=O) groups excluding carboxylic acids is 1. The van der Waals surface area contributed by atoms with E-state index in [1.165, 1.54) is 0 Å². The van der Waals surface area contributed by atoms with E-state index in [1.807, 2.05) is 25.1 Å². The molecular weight excluding hydrogens is 234 g/mol. The van der Waals surface area contributed by atoms with Gasteiger partial charge in [-0.15, -0.1) is 0 Å². The SMILES string of the molecule is C[C@H]1OC(=O)Nc2cc(Br)ccc21. The van der Waals surface area contributed by atoms with Gasteiger partial charge < -0.3 is 4.74 Å². The summed E-state index contributed by atoms with van der Waals surface area (Å²) in [5, 5.41) is 2.64. The van der Waals surface area contributed by atoms with Gasteiger partial charge in [0.05, 0.1) is 5.69 Å². The maximum absolute atomic E-state index is 11.0. The summed E-state index contributed by atoms with van der Waals surface area (Å²) >= 11 is 3.34. The molecule has 0 radical (unpaired) electrons. The molecule has 68 valence electrons. The van der Waals surface area contributed by atoms with Gasteiger partial charge in [0, 0.05) is 10.0 Å². The highest BCUT2D eigenvalue weighted by Gasteiger charge is 2.21. The molecule has 0 unspecified atom stereocenters. The molecule has 13 heavy (non-hydrogen) atoms. The van der Waals surface area contributed by atoms with Crippen molar-refractivity contribution in [2.45, 2.75) is 13.0 Å². The highest BCUT2D eigenvalue weighted by molar-refractivity contribution is 9.10. The van der Waals surface area contributed by atoms with Crippen molar-refractivity contribution in [3.8, 4) is 0 Å². The molecule has 1 amide bonds.